The molecule has 0 unspecified atom stereocenters. The van der Waals surface area contributed by atoms with Crippen LogP contribution in [0.15, 0.2) is 0 Å². The summed E-state index contributed by atoms with van der Waals surface area (Å²) in [5.74, 6) is -0.376. The van der Waals surface area contributed by atoms with Crippen molar-refractivity contribution in [3.05, 3.63) is 0 Å². The molecule has 33 heavy (non-hydrogen) atoms. The summed E-state index contributed by atoms with van der Waals surface area (Å²) < 4.78 is 14.4. The molecule has 0 N–H and O–H groups in total. The van der Waals surface area contributed by atoms with Crippen LogP contribution >= 0.6 is 0 Å². The van der Waals surface area contributed by atoms with E-state index in [1.54, 1.807) is 0 Å². The van der Waals surface area contributed by atoms with Gasteiger partial charge < -0.3 is 0 Å². The number of rotatable bonds is 22. The second kappa shape index (κ2) is 21.1. The zero-order valence-electron chi connectivity index (χ0n) is 23.0. The molecule has 0 aliphatic rings. The molecule has 0 heterocycles. The first-order valence-electron chi connectivity index (χ1n) is 14.4. The molecule has 196 valence electrons. The summed E-state index contributed by atoms with van der Waals surface area (Å²) in [4.78, 5) is 26.2. The Hall–Kier alpha value is -0.261. The minimum atomic E-state index is -3.89. The van der Waals surface area contributed by atoms with Crippen LogP contribution in [-0.4, -0.2) is 31.1 Å². The molecule has 0 rings (SSSR count). The van der Waals surface area contributed by atoms with E-state index < -0.39 is 19.2 Å². The normalized spacial score (nSPS) is 11.9. The first-order valence-corrected chi connectivity index (χ1v) is 20.8. The van der Waals surface area contributed by atoms with Gasteiger partial charge in [-0.25, -0.2) is 0 Å². The number of hydrogen-bond acceptors (Lipinski definition) is 4. The molecule has 0 saturated carbocycles. The van der Waals surface area contributed by atoms with E-state index in [-0.39, 0.29) is 23.8 Å². The van der Waals surface area contributed by atoms with Crippen molar-refractivity contribution in [2.45, 2.75) is 153 Å². The zero-order chi connectivity index (χ0) is 25.0. The Bertz CT molecular complexity index is 442. The van der Waals surface area contributed by atoms with Gasteiger partial charge in [0.15, 0.2) is 0 Å². The van der Waals surface area contributed by atoms with E-state index in [0.29, 0.717) is 0 Å². The van der Waals surface area contributed by atoms with Crippen LogP contribution in [0.2, 0.25) is 8.87 Å². The molecule has 5 heteroatoms. The second-order valence-corrected chi connectivity index (χ2v) is 19.0. The molecule has 0 spiro atoms. The van der Waals surface area contributed by atoms with Gasteiger partial charge in [-0.05, 0) is 0 Å². The Labute approximate surface area is 211 Å². The van der Waals surface area contributed by atoms with E-state index in [2.05, 4.69) is 13.8 Å². The molecule has 0 aromatic rings. The van der Waals surface area contributed by atoms with Gasteiger partial charge >= 0.3 is 212 Å². The maximum atomic E-state index is 13.1. The molecule has 0 fully saturated rings. The number of carbonyl (C=O) groups excluding carboxylic acids is 2. The van der Waals surface area contributed by atoms with Gasteiger partial charge in [-0.1, -0.05) is 0 Å². The van der Waals surface area contributed by atoms with Crippen molar-refractivity contribution in [1.29, 1.82) is 0 Å². The van der Waals surface area contributed by atoms with Crippen LogP contribution in [-0.2, 0) is 15.7 Å². The van der Waals surface area contributed by atoms with Gasteiger partial charge in [0, 0.05) is 0 Å². The fraction of sp³-hybridized carbons (Fsp3) is 0.929. The van der Waals surface area contributed by atoms with Crippen molar-refractivity contribution >= 4 is 31.1 Å². The van der Waals surface area contributed by atoms with Crippen molar-refractivity contribution in [2.75, 3.05) is 0 Å². The van der Waals surface area contributed by atoms with Crippen LogP contribution in [0.5, 0.6) is 0 Å². The molecule has 0 aromatic carbocycles. The predicted molar refractivity (Wildman–Crippen MR) is 142 cm³/mol. The topological polar surface area (TPSA) is 52.6 Å². The maximum absolute atomic E-state index is 13.1. The van der Waals surface area contributed by atoms with Crippen molar-refractivity contribution in [1.82, 2.24) is 0 Å². The number of carbonyl (C=O) groups is 2. The average molecular weight is 575 g/mol. The van der Waals surface area contributed by atoms with Crippen molar-refractivity contribution in [2.24, 2.45) is 11.8 Å². The van der Waals surface area contributed by atoms with Gasteiger partial charge in [-0.3, -0.25) is 0 Å². The molecule has 0 aliphatic carbocycles. The zero-order valence-corrected chi connectivity index (χ0v) is 25.9. The molecule has 0 bridgehead atoms. The Morgan fingerprint density at radius 2 is 0.818 bits per heavy atom. The summed E-state index contributed by atoms with van der Waals surface area (Å²) >= 11 is -3.89. The summed E-state index contributed by atoms with van der Waals surface area (Å²) in [5, 5.41) is 0. The van der Waals surface area contributed by atoms with Crippen LogP contribution < -0.4 is 0 Å². The Morgan fingerprint density at radius 1 is 0.515 bits per heavy atom. The van der Waals surface area contributed by atoms with Gasteiger partial charge in [0.2, 0.25) is 0 Å². The third-order valence-electron chi connectivity index (χ3n) is 7.03. The predicted octanol–water partition coefficient (Wildman–Crippen LogP) is 9.11. The average Bonchev–Trinajstić information content (AvgIpc) is 2.80. The molecule has 0 aromatic heterocycles. The van der Waals surface area contributed by atoms with Crippen LogP contribution in [0.1, 0.15) is 144 Å². The minimum absolute atomic E-state index is 0.0815. The molecular formula is C28H56O4Sn. The first kappa shape index (κ1) is 32.7. The fourth-order valence-corrected chi connectivity index (χ4v) is 14.0. The molecule has 0 atom stereocenters. The van der Waals surface area contributed by atoms with E-state index in [0.717, 1.165) is 60.2 Å². The van der Waals surface area contributed by atoms with Crippen LogP contribution in [0, 0.1) is 11.8 Å². The summed E-state index contributed by atoms with van der Waals surface area (Å²) in [5.41, 5.74) is 0. The summed E-state index contributed by atoms with van der Waals surface area (Å²) in [7, 11) is 0. The standard InChI is InChI=1S/2C8H17.2C6H12O2.Sn/c2*1-3-5-7-8-6-4-2;2*1-3-5(4-2)6(7)8;/h2*1,3-8H2,2H3;2*5H,3-4H2,1-2H3,(H,7,8);/q;;;;+2/p-2. The SMILES string of the molecule is CCCCCCC[CH2][Sn]([CH2]CCCCCCC)([O]C(=O)C(CC)CC)[O]C(=O)C(CC)CC. The first-order chi connectivity index (χ1) is 15.9. The monoisotopic (exact) mass is 576 g/mol. The van der Waals surface area contributed by atoms with Gasteiger partial charge in [0.25, 0.3) is 0 Å². The van der Waals surface area contributed by atoms with Gasteiger partial charge in [-0.2, -0.15) is 0 Å². The summed E-state index contributed by atoms with van der Waals surface area (Å²) in [6.45, 7) is 12.6. The molecule has 0 aliphatic heterocycles. The summed E-state index contributed by atoms with van der Waals surface area (Å²) in [6, 6.07) is 0. The Morgan fingerprint density at radius 3 is 1.12 bits per heavy atom. The third kappa shape index (κ3) is 14.7. The van der Waals surface area contributed by atoms with Crippen LogP contribution in [0.3, 0.4) is 0 Å². The van der Waals surface area contributed by atoms with E-state index in [1.165, 1.54) is 51.4 Å². The van der Waals surface area contributed by atoms with Gasteiger partial charge in [-0.15, -0.1) is 0 Å². The second-order valence-electron chi connectivity index (χ2n) is 9.82. The number of unbranched alkanes of at least 4 members (excludes halogenated alkanes) is 10. The molecule has 0 radical (unpaired) electrons. The fourth-order valence-electron chi connectivity index (χ4n) is 4.48. The molecule has 0 saturated heterocycles. The van der Waals surface area contributed by atoms with E-state index in [4.69, 9.17) is 6.15 Å². The van der Waals surface area contributed by atoms with Gasteiger partial charge in [0.1, 0.15) is 0 Å². The van der Waals surface area contributed by atoms with Crippen molar-refractivity contribution < 1.29 is 15.7 Å². The molecular weight excluding hydrogens is 519 g/mol. The molecule has 0 amide bonds. The Balaban J connectivity index is 5.48. The van der Waals surface area contributed by atoms with E-state index in [1.807, 2.05) is 27.7 Å². The quantitative estimate of drug-likeness (QED) is 0.0955. The Kier molecular flexibility index (Phi) is 20.9. The van der Waals surface area contributed by atoms with E-state index >= 15 is 0 Å². The van der Waals surface area contributed by atoms with Gasteiger partial charge in [0.05, 0.1) is 0 Å². The summed E-state index contributed by atoms with van der Waals surface area (Å²) in [6.07, 6.45) is 17.4. The van der Waals surface area contributed by atoms with Crippen LogP contribution in [0.25, 0.3) is 0 Å². The third-order valence-corrected chi connectivity index (χ3v) is 16.7. The van der Waals surface area contributed by atoms with Crippen LogP contribution in [0.4, 0.5) is 0 Å². The van der Waals surface area contributed by atoms with Crippen molar-refractivity contribution in [3.63, 3.8) is 0 Å². The number of hydrogen-bond donors (Lipinski definition) is 0. The van der Waals surface area contributed by atoms with E-state index in [9.17, 15) is 9.59 Å². The molecule has 4 nitrogen and oxygen atoms in total. The van der Waals surface area contributed by atoms with Crippen molar-refractivity contribution in [3.8, 4) is 0 Å².